The molecule has 96 valence electrons. The zero-order valence-electron chi connectivity index (χ0n) is 10.0. The summed E-state index contributed by atoms with van der Waals surface area (Å²) >= 11 is 0. The average molecular weight is 258 g/mol. The van der Waals surface area contributed by atoms with Crippen molar-refractivity contribution in [2.75, 3.05) is 7.11 Å². The molecule has 2 aromatic carbocycles. The van der Waals surface area contributed by atoms with Crippen molar-refractivity contribution >= 4 is 21.9 Å². The number of phenolic OH excluding ortho intramolecular Hbond substituents is 2. The van der Waals surface area contributed by atoms with Gasteiger partial charge in [0.1, 0.15) is 5.58 Å². The predicted octanol–water partition coefficient (Wildman–Crippen LogP) is 2.37. The first-order chi connectivity index (χ1) is 9.13. The van der Waals surface area contributed by atoms with Crippen LogP contribution in [0.15, 0.2) is 39.5 Å². The second-order valence-corrected chi connectivity index (χ2v) is 4.08. The molecule has 0 spiro atoms. The third kappa shape index (κ3) is 1.52. The van der Waals surface area contributed by atoms with Crippen molar-refractivity contribution in [3.8, 4) is 17.2 Å². The number of phenols is 2. The smallest absolute Gasteiger partial charge is 0.205 e. The number of benzene rings is 2. The highest BCUT2D eigenvalue weighted by atomic mass is 16.5. The number of methoxy groups -OCH3 is 1. The quantitative estimate of drug-likeness (QED) is 0.517. The summed E-state index contributed by atoms with van der Waals surface area (Å²) in [4.78, 5) is 12.3. The monoisotopic (exact) mass is 258 g/mol. The van der Waals surface area contributed by atoms with E-state index in [9.17, 15) is 15.0 Å². The van der Waals surface area contributed by atoms with Gasteiger partial charge in [-0.1, -0.05) is 12.1 Å². The molecule has 3 aromatic rings. The summed E-state index contributed by atoms with van der Waals surface area (Å²) in [6.07, 6.45) is 0. The second kappa shape index (κ2) is 3.91. The van der Waals surface area contributed by atoms with Crippen LogP contribution >= 0.6 is 0 Å². The Balaban J connectivity index is 2.59. The van der Waals surface area contributed by atoms with Gasteiger partial charge in [0.15, 0.2) is 11.3 Å². The summed E-state index contributed by atoms with van der Waals surface area (Å²) < 4.78 is 10.4. The first-order valence-corrected chi connectivity index (χ1v) is 5.58. The zero-order valence-corrected chi connectivity index (χ0v) is 10.0. The third-order valence-electron chi connectivity index (χ3n) is 3.00. The van der Waals surface area contributed by atoms with Crippen LogP contribution in [0.4, 0.5) is 0 Å². The van der Waals surface area contributed by atoms with Crippen LogP contribution in [0, 0.1) is 0 Å². The Kier molecular flexibility index (Phi) is 2.35. The van der Waals surface area contributed by atoms with E-state index in [0.717, 1.165) is 0 Å². The Bertz CT molecular complexity index is 848. The van der Waals surface area contributed by atoms with Crippen molar-refractivity contribution in [2.24, 2.45) is 0 Å². The van der Waals surface area contributed by atoms with Gasteiger partial charge in [0.25, 0.3) is 0 Å². The lowest BCUT2D eigenvalue weighted by Crippen LogP contribution is -2.02. The Morgan fingerprint density at radius 2 is 1.84 bits per heavy atom. The fraction of sp³-hybridized carbons (Fsp3) is 0.0714. The van der Waals surface area contributed by atoms with Gasteiger partial charge >= 0.3 is 0 Å². The van der Waals surface area contributed by atoms with Gasteiger partial charge in [0.05, 0.1) is 17.9 Å². The standard InChI is InChI=1S/C14H10O5/c1-18-10-6-8-11(15)7-4-2-3-5-9(7)19-14(8)13(17)12(10)16/h2-6,16-17H,1H3. The van der Waals surface area contributed by atoms with Crippen LogP contribution in [0.5, 0.6) is 17.2 Å². The van der Waals surface area contributed by atoms with Crippen molar-refractivity contribution < 1.29 is 19.4 Å². The number of para-hydroxylation sites is 1. The fourth-order valence-electron chi connectivity index (χ4n) is 2.04. The highest BCUT2D eigenvalue weighted by molar-refractivity contribution is 5.94. The number of hydrogen-bond donors (Lipinski definition) is 2. The van der Waals surface area contributed by atoms with Crippen LogP contribution in [0.25, 0.3) is 21.9 Å². The van der Waals surface area contributed by atoms with Gasteiger partial charge in [-0.25, -0.2) is 0 Å². The van der Waals surface area contributed by atoms with E-state index < -0.39 is 11.5 Å². The highest BCUT2D eigenvalue weighted by Gasteiger charge is 2.18. The van der Waals surface area contributed by atoms with Crippen molar-refractivity contribution in [2.45, 2.75) is 0 Å². The Labute approximate surface area is 107 Å². The summed E-state index contributed by atoms with van der Waals surface area (Å²) in [6, 6.07) is 8.05. The van der Waals surface area contributed by atoms with E-state index in [1.807, 2.05) is 0 Å². The molecule has 0 radical (unpaired) electrons. The molecular weight excluding hydrogens is 248 g/mol. The van der Waals surface area contributed by atoms with Gasteiger partial charge in [0.2, 0.25) is 16.9 Å². The first kappa shape index (κ1) is 11.4. The van der Waals surface area contributed by atoms with Gasteiger partial charge in [-0.2, -0.15) is 0 Å². The maximum Gasteiger partial charge on any atom is 0.205 e. The Morgan fingerprint density at radius 1 is 1.11 bits per heavy atom. The zero-order chi connectivity index (χ0) is 13.6. The van der Waals surface area contributed by atoms with Crippen molar-refractivity contribution in [3.05, 3.63) is 40.6 Å². The van der Waals surface area contributed by atoms with Crippen LogP contribution in [0.3, 0.4) is 0 Å². The molecule has 3 rings (SSSR count). The molecule has 19 heavy (non-hydrogen) atoms. The summed E-state index contributed by atoms with van der Waals surface area (Å²) in [5.41, 5.74) is 0.00677. The summed E-state index contributed by atoms with van der Waals surface area (Å²) in [5.74, 6) is -0.932. The molecule has 1 aromatic heterocycles. The maximum absolute atomic E-state index is 12.3. The minimum absolute atomic E-state index is 0.0209. The van der Waals surface area contributed by atoms with Gasteiger partial charge in [-0.3, -0.25) is 4.79 Å². The molecule has 0 amide bonds. The molecule has 0 atom stereocenters. The van der Waals surface area contributed by atoms with Crippen LogP contribution in [0.2, 0.25) is 0 Å². The van der Waals surface area contributed by atoms with Crippen LogP contribution < -0.4 is 10.2 Å². The van der Waals surface area contributed by atoms with E-state index in [0.29, 0.717) is 11.0 Å². The maximum atomic E-state index is 12.3. The van der Waals surface area contributed by atoms with Gasteiger partial charge in [-0.15, -0.1) is 0 Å². The van der Waals surface area contributed by atoms with E-state index >= 15 is 0 Å². The second-order valence-electron chi connectivity index (χ2n) is 4.08. The normalized spacial score (nSPS) is 11.0. The molecule has 0 unspecified atom stereocenters. The molecule has 2 N–H and O–H groups in total. The molecule has 0 aliphatic heterocycles. The van der Waals surface area contributed by atoms with E-state index in [2.05, 4.69) is 0 Å². The fourth-order valence-corrected chi connectivity index (χ4v) is 2.04. The highest BCUT2D eigenvalue weighted by Crippen LogP contribution is 2.41. The van der Waals surface area contributed by atoms with Crippen LogP contribution in [-0.4, -0.2) is 17.3 Å². The molecule has 0 aliphatic carbocycles. The molecule has 5 heteroatoms. The number of fused-ring (bicyclic) bond motifs is 2. The average Bonchev–Trinajstić information content (AvgIpc) is 2.44. The van der Waals surface area contributed by atoms with E-state index in [-0.39, 0.29) is 22.1 Å². The molecule has 1 heterocycles. The largest absolute Gasteiger partial charge is 0.502 e. The third-order valence-corrected chi connectivity index (χ3v) is 3.00. The van der Waals surface area contributed by atoms with Crippen molar-refractivity contribution in [1.82, 2.24) is 0 Å². The summed E-state index contributed by atoms with van der Waals surface area (Å²) in [5, 5.41) is 20.2. The number of hydrogen-bond acceptors (Lipinski definition) is 5. The van der Waals surface area contributed by atoms with Gasteiger partial charge < -0.3 is 19.4 Å². The predicted molar refractivity (Wildman–Crippen MR) is 69.9 cm³/mol. The first-order valence-electron chi connectivity index (χ1n) is 5.58. The molecule has 5 nitrogen and oxygen atoms in total. The van der Waals surface area contributed by atoms with E-state index in [4.69, 9.17) is 9.15 Å². The molecular formula is C14H10O5. The lowest BCUT2D eigenvalue weighted by atomic mass is 10.1. The minimum atomic E-state index is -0.503. The SMILES string of the molecule is COc1cc2c(=O)c3ccccc3oc2c(O)c1O. The minimum Gasteiger partial charge on any atom is -0.502 e. The molecule has 0 fully saturated rings. The topological polar surface area (TPSA) is 79.9 Å². The number of ether oxygens (including phenoxy) is 1. The molecule has 0 saturated heterocycles. The van der Waals surface area contributed by atoms with Crippen LogP contribution in [-0.2, 0) is 0 Å². The van der Waals surface area contributed by atoms with Crippen molar-refractivity contribution in [3.63, 3.8) is 0 Å². The lowest BCUT2D eigenvalue weighted by molar-refractivity contribution is 0.351. The summed E-state index contributed by atoms with van der Waals surface area (Å²) in [6.45, 7) is 0. The van der Waals surface area contributed by atoms with E-state index in [1.54, 1.807) is 24.3 Å². The Morgan fingerprint density at radius 3 is 2.58 bits per heavy atom. The van der Waals surface area contributed by atoms with Crippen LogP contribution in [0.1, 0.15) is 0 Å². The van der Waals surface area contributed by atoms with Gasteiger partial charge in [0, 0.05) is 0 Å². The number of rotatable bonds is 1. The molecule has 0 saturated carbocycles. The molecule has 0 bridgehead atoms. The lowest BCUT2D eigenvalue weighted by Gasteiger charge is -2.08. The van der Waals surface area contributed by atoms with E-state index in [1.165, 1.54) is 13.2 Å². The summed E-state index contributed by atoms with van der Waals surface area (Å²) in [7, 11) is 1.34. The molecule has 0 aliphatic rings. The van der Waals surface area contributed by atoms with Crippen molar-refractivity contribution in [1.29, 1.82) is 0 Å². The number of aromatic hydroxyl groups is 2. The Hall–Kier alpha value is -2.69. The van der Waals surface area contributed by atoms with Gasteiger partial charge in [-0.05, 0) is 18.2 Å².